The van der Waals surface area contributed by atoms with Crippen LogP contribution in [-0.4, -0.2) is 39.9 Å². The van der Waals surface area contributed by atoms with Crippen molar-refractivity contribution >= 4 is 17.7 Å². The highest BCUT2D eigenvalue weighted by atomic mass is 16.5. The smallest absolute Gasteiger partial charge is 0.314 e. The number of benzene rings is 1. The Morgan fingerprint density at radius 2 is 1.88 bits per heavy atom. The molecule has 1 saturated carbocycles. The van der Waals surface area contributed by atoms with Crippen LogP contribution in [0, 0.1) is 29.6 Å². The molecule has 2 aliphatic carbocycles. The number of amides is 1. The van der Waals surface area contributed by atoms with Gasteiger partial charge in [-0.15, -0.1) is 0 Å². The summed E-state index contributed by atoms with van der Waals surface area (Å²) in [6.45, 7) is 2.36. The van der Waals surface area contributed by atoms with E-state index >= 15 is 0 Å². The van der Waals surface area contributed by atoms with E-state index < -0.39 is 23.5 Å². The van der Waals surface area contributed by atoms with Gasteiger partial charge in [0.2, 0.25) is 0 Å². The number of rotatable bonds is 5. The van der Waals surface area contributed by atoms with Crippen molar-refractivity contribution in [3.63, 3.8) is 0 Å². The highest BCUT2D eigenvalue weighted by molar-refractivity contribution is 6.22. The van der Waals surface area contributed by atoms with Crippen LogP contribution in [0.3, 0.4) is 0 Å². The third-order valence-electron chi connectivity index (χ3n) is 8.06. The van der Waals surface area contributed by atoms with Gasteiger partial charge >= 0.3 is 5.97 Å². The maximum atomic E-state index is 13.7. The van der Waals surface area contributed by atoms with Crippen molar-refractivity contribution in [2.45, 2.75) is 51.4 Å². The monoisotopic (exact) mass is 449 g/mol. The summed E-state index contributed by atoms with van der Waals surface area (Å²) in [7, 11) is 0. The van der Waals surface area contributed by atoms with Crippen LogP contribution < -0.4 is 0 Å². The Morgan fingerprint density at radius 1 is 1.12 bits per heavy atom. The second kappa shape index (κ2) is 8.56. The average molecular weight is 450 g/mol. The lowest BCUT2D eigenvalue weighted by Crippen LogP contribution is -2.47. The van der Waals surface area contributed by atoms with Gasteiger partial charge in [0, 0.05) is 12.5 Å². The van der Waals surface area contributed by atoms with Gasteiger partial charge < -0.3 is 14.7 Å². The van der Waals surface area contributed by atoms with Crippen molar-refractivity contribution in [2.75, 3.05) is 6.54 Å². The zero-order chi connectivity index (χ0) is 23.2. The topological polar surface area (TPSA) is 83.9 Å². The standard InChI is InChI=1S/C27H31NO5/c1-17-11-12-19-9-5-6-10-20(19)23(17)24(29)21-15-27(32)22(13-14-28(27)25(21)30)26(31)33-16-18-7-3-2-4-8-18/h2-4,7-8,11-12,15,17,19-20,22-23,32H,5-6,9-10,13-14,16H2,1H3/t17-,19+,20-,22-,23?,27-/m0/s1. The Bertz CT molecular complexity index is 1010. The number of hydrogen-bond acceptors (Lipinski definition) is 5. The summed E-state index contributed by atoms with van der Waals surface area (Å²) in [6.07, 6.45) is 10.3. The minimum absolute atomic E-state index is 0.0366. The molecule has 0 bridgehead atoms. The molecule has 6 heteroatoms. The van der Waals surface area contributed by atoms with Crippen LogP contribution in [0.15, 0.2) is 54.1 Å². The Kier molecular flexibility index (Phi) is 5.73. The molecule has 33 heavy (non-hydrogen) atoms. The van der Waals surface area contributed by atoms with Gasteiger partial charge in [0.1, 0.15) is 12.5 Å². The van der Waals surface area contributed by atoms with Gasteiger partial charge in [-0.1, -0.05) is 62.2 Å². The van der Waals surface area contributed by atoms with Crippen LogP contribution >= 0.6 is 0 Å². The predicted octanol–water partition coefficient (Wildman–Crippen LogP) is 3.40. The lowest BCUT2D eigenvalue weighted by atomic mass is 9.63. The minimum Gasteiger partial charge on any atom is -0.460 e. The van der Waals surface area contributed by atoms with Crippen molar-refractivity contribution < 1.29 is 24.2 Å². The van der Waals surface area contributed by atoms with E-state index in [1.807, 2.05) is 37.3 Å². The van der Waals surface area contributed by atoms with E-state index in [-0.39, 0.29) is 42.3 Å². The lowest BCUT2D eigenvalue weighted by Gasteiger charge is -2.40. The van der Waals surface area contributed by atoms with Crippen molar-refractivity contribution in [3.8, 4) is 0 Å². The molecule has 4 aliphatic rings. The number of carbonyl (C=O) groups excluding carboxylic acids is 3. The summed E-state index contributed by atoms with van der Waals surface area (Å²) in [5.74, 6) is -1.71. The molecule has 6 atom stereocenters. The predicted molar refractivity (Wildman–Crippen MR) is 121 cm³/mol. The molecule has 2 aliphatic heterocycles. The fourth-order valence-electron chi connectivity index (χ4n) is 6.31. The number of allylic oxidation sites excluding steroid dienone is 2. The molecule has 0 radical (unpaired) electrons. The Balaban J connectivity index is 1.36. The van der Waals surface area contributed by atoms with Crippen LogP contribution in [0.1, 0.15) is 44.6 Å². The molecule has 1 aromatic rings. The molecule has 5 rings (SSSR count). The van der Waals surface area contributed by atoms with Gasteiger partial charge in [-0.05, 0) is 48.7 Å². The fraction of sp³-hybridized carbons (Fsp3) is 0.519. The second-order valence-corrected chi connectivity index (χ2v) is 9.98. The maximum Gasteiger partial charge on any atom is 0.314 e. The summed E-state index contributed by atoms with van der Waals surface area (Å²) >= 11 is 0. The summed E-state index contributed by atoms with van der Waals surface area (Å²) in [5.41, 5.74) is -0.909. The highest BCUT2D eigenvalue weighted by Gasteiger charge is 2.58. The number of ketones is 1. The summed E-state index contributed by atoms with van der Waals surface area (Å²) in [6, 6.07) is 9.33. The molecule has 6 nitrogen and oxygen atoms in total. The van der Waals surface area contributed by atoms with Gasteiger partial charge in [-0.2, -0.15) is 0 Å². The van der Waals surface area contributed by atoms with E-state index in [9.17, 15) is 19.5 Å². The highest BCUT2D eigenvalue weighted by Crippen LogP contribution is 2.47. The molecule has 0 spiro atoms. The van der Waals surface area contributed by atoms with Gasteiger partial charge in [-0.3, -0.25) is 14.4 Å². The zero-order valence-corrected chi connectivity index (χ0v) is 19.0. The molecular weight excluding hydrogens is 418 g/mol. The van der Waals surface area contributed by atoms with Crippen molar-refractivity contribution in [3.05, 3.63) is 59.7 Å². The molecule has 1 amide bonds. The first kappa shape index (κ1) is 22.1. The van der Waals surface area contributed by atoms with E-state index in [1.165, 1.54) is 17.4 Å². The maximum absolute atomic E-state index is 13.7. The third-order valence-corrected chi connectivity index (χ3v) is 8.06. The minimum atomic E-state index is -1.80. The number of aliphatic hydroxyl groups is 1. The third kappa shape index (κ3) is 3.74. The molecule has 174 valence electrons. The Labute approximate surface area is 194 Å². The molecular formula is C27H31NO5. The first-order valence-corrected chi connectivity index (χ1v) is 12.1. The average Bonchev–Trinajstić information content (AvgIpc) is 3.30. The Morgan fingerprint density at radius 3 is 2.67 bits per heavy atom. The zero-order valence-electron chi connectivity index (χ0n) is 19.0. The Hall–Kier alpha value is -2.73. The van der Waals surface area contributed by atoms with E-state index in [2.05, 4.69) is 12.2 Å². The number of hydrogen-bond donors (Lipinski definition) is 1. The number of carbonyl (C=O) groups is 3. The first-order valence-electron chi connectivity index (χ1n) is 12.1. The van der Waals surface area contributed by atoms with Crippen molar-refractivity contribution in [1.29, 1.82) is 0 Å². The van der Waals surface area contributed by atoms with Gasteiger partial charge in [0.25, 0.3) is 5.91 Å². The number of fused-ring (bicyclic) bond motifs is 2. The number of ether oxygens (including phenoxy) is 1. The van der Waals surface area contributed by atoms with E-state index in [0.29, 0.717) is 12.3 Å². The van der Waals surface area contributed by atoms with Gasteiger partial charge in [0.05, 0.1) is 5.57 Å². The van der Waals surface area contributed by atoms with Gasteiger partial charge in [0.15, 0.2) is 11.5 Å². The van der Waals surface area contributed by atoms with E-state index in [4.69, 9.17) is 4.74 Å². The van der Waals surface area contributed by atoms with E-state index in [0.717, 1.165) is 24.8 Å². The summed E-state index contributed by atoms with van der Waals surface area (Å²) < 4.78 is 5.46. The molecule has 2 heterocycles. The van der Waals surface area contributed by atoms with Crippen LogP contribution in [0.4, 0.5) is 0 Å². The molecule has 2 fully saturated rings. The van der Waals surface area contributed by atoms with Crippen molar-refractivity contribution in [1.82, 2.24) is 4.90 Å². The summed E-state index contributed by atoms with van der Waals surface area (Å²) in [4.78, 5) is 41.0. The largest absolute Gasteiger partial charge is 0.460 e. The van der Waals surface area contributed by atoms with Crippen molar-refractivity contribution in [2.24, 2.45) is 29.6 Å². The molecule has 1 saturated heterocycles. The first-order chi connectivity index (χ1) is 15.9. The van der Waals surface area contributed by atoms with Crippen LogP contribution in [0.2, 0.25) is 0 Å². The fourth-order valence-corrected chi connectivity index (χ4v) is 6.31. The number of esters is 1. The SMILES string of the molecule is C[C@H]1C=C[C@H]2CCCC[C@@H]2C1C(=O)C1=C[C@]2(O)[C@H](C(=O)OCc3ccccc3)CCN2C1=O. The van der Waals surface area contributed by atoms with Crippen LogP contribution in [0.25, 0.3) is 0 Å². The second-order valence-electron chi connectivity index (χ2n) is 9.98. The lowest BCUT2D eigenvalue weighted by molar-refractivity contribution is -0.163. The van der Waals surface area contributed by atoms with E-state index in [1.54, 1.807) is 0 Å². The quantitative estimate of drug-likeness (QED) is 0.423. The molecule has 1 aromatic carbocycles. The van der Waals surface area contributed by atoms with Gasteiger partial charge in [-0.25, -0.2) is 0 Å². The summed E-state index contributed by atoms with van der Waals surface area (Å²) in [5, 5.41) is 11.4. The number of Topliss-reactive ketones (excluding diaryl/α,β-unsaturated/α-hetero) is 1. The normalized spacial score (nSPS) is 35.1. The number of nitrogens with zero attached hydrogens (tertiary/aromatic N) is 1. The molecule has 0 aromatic heterocycles. The molecule has 1 N–H and O–H groups in total. The molecule has 1 unspecified atom stereocenters. The van der Waals surface area contributed by atoms with Crippen LogP contribution in [-0.2, 0) is 25.7 Å². The van der Waals surface area contributed by atoms with Crippen LogP contribution in [0.5, 0.6) is 0 Å².